The Kier molecular flexibility index (Phi) is 6.43. The van der Waals surface area contributed by atoms with Gasteiger partial charge in [-0.2, -0.15) is 0 Å². The Balaban J connectivity index is 2.14. The predicted molar refractivity (Wildman–Crippen MR) is 108 cm³/mol. The van der Waals surface area contributed by atoms with E-state index in [-0.39, 0.29) is 22.7 Å². The van der Waals surface area contributed by atoms with Crippen molar-refractivity contribution in [3.63, 3.8) is 0 Å². The number of rotatable bonds is 6. The molecule has 0 aromatic heterocycles. The molecule has 0 spiro atoms. The van der Waals surface area contributed by atoms with Gasteiger partial charge >= 0.3 is 0 Å². The molecule has 0 radical (unpaired) electrons. The summed E-state index contributed by atoms with van der Waals surface area (Å²) in [6, 6.07) is 8.98. The van der Waals surface area contributed by atoms with Gasteiger partial charge in [0.1, 0.15) is 11.6 Å². The number of amides is 1. The SMILES string of the molecule is COc1ccc(C([O-])=C2C(=O)C(=O)N(CC[NH+](C)C)C2c2ccc(F)cc2)cc1Cl. The van der Waals surface area contributed by atoms with E-state index < -0.39 is 29.3 Å². The van der Waals surface area contributed by atoms with Crippen molar-refractivity contribution in [1.29, 1.82) is 0 Å². The number of likely N-dealkylation sites (N-methyl/N-ethyl adjacent to an activating group) is 1. The van der Waals surface area contributed by atoms with Crippen LogP contribution in [0.5, 0.6) is 5.75 Å². The van der Waals surface area contributed by atoms with Gasteiger partial charge < -0.3 is 19.6 Å². The van der Waals surface area contributed by atoms with Gasteiger partial charge in [-0.1, -0.05) is 35.6 Å². The third kappa shape index (κ3) is 4.17. The molecule has 3 rings (SSSR count). The number of nitrogens with one attached hydrogen (secondary N) is 1. The molecule has 30 heavy (non-hydrogen) atoms. The Morgan fingerprint density at radius 3 is 2.43 bits per heavy atom. The lowest BCUT2D eigenvalue weighted by Gasteiger charge is -2.27. The lowest BCUT2D eigenvalue weighted by molar-refractivity contribution is -0.857. The molecule has 158 valence electrons. The van der Waals surface area contributed by atoms with Gasteiger partial charge in [-0.25, -0.2) is 4.39 Å². The minimum Gasteiger partial charge on any atom is -0.872 e. The summed E-state index contributed by atoms with van der Waals surface area (Å²) in [6.45, 7) is 0.849. The van der Waals surface area contributed by atoms with Crippen LogP contribution in [0.1, 0.15) is 17.2 Å². The topological polar surface area (TPSA) is 74.1 Å². The van der Waals surface area contributed by atoms with Crippen molar-refractivity contribution in [1.82, 2.24) is 4.90 Å². The van der Waals surface area contributed by atoms with Crippen LogP contribution >= 0.6 is 11.6 Å². The molecule has 1 N–H and O–H groups in total. The Bertz CT molecular complexity index is 1000. The fourth-order valence-corrected chi connectivity index (χ4v) is 3.66. The van der Waals surface area contributed by atoms with Crippen LogP contribution in [0, 0.1) is 5.82 Å². The maximum atomic E-state index is 13.5. The summed E-state index contributed by atoms with van der Waals surface area (Å²) in [5.74, 6) is -2.25. The first-order valence-corrected chi connectivity index (χ1v) is 9.77. The van der Waals surface area contributed by atoms with Crippen molar-refractivity contribution in [2.24, 2.45) is 0 Å². The summed E-state index contributed by atoms with van der Waals surface area (Å²) in [5, 5.41) is 13.5. The van der Waals surface area contributed by atoms with Crippen molar-refractivity contribution in [2.75, 3.05) is 34.3 Å². The summed E-state index contributed by atoms with van der Waals surface area (Å²) >= 11 is 6.14. The zero-order valence-corrected chi connectivity index (χ0v) is 17.6. The summed E-state index contributed by atoms with van der Waals surface area (Å²) in [4.78, 5) is 28.1. The molecule has 1 unspecified atom stereocenters. The highest BCUT2D eigenvalue weighted by Gasteiger charge is 2.44. The van der Waals surface area contributed by atoms with E-state index in [1.165, 1.54) is 54.5 Å². The van der Waals surface area contributed by atoms with Crippen LogP contribution in [0.15, 0.2) is 48.0 Å². The molecular formula is C22H22ClFN2O4. The maximum Gasteiger partial charge on any atom is 0.295 e. The fourth-order valence-electron chi connectivity index (χ4n) is 3.40. The van der Waals surface area contributed by atoms with Gasteiger partial charge in [0.25, 0.3) is 5.91 Å². The van der Waals surface area contributed by atoms with E-state index in [2.05, 4.69) is 0 Å². The molecule has 1 aliphatic heterocycles. The van der Waals surface area contributed by atoms with Gasteiger partial charge in [0.15, 0.2) is 0 Å². The standard InChI is InChI=1S/C22H22ClFN2O4/c1-25(2)10-11-26-19(13-4-7-15(24)8-5-13)18(21(28)22(26)29)20(27)14-6-9-17(30-3)16(23)12-14/h4-9,12,19,27H,10-11H2,1-3H3. The number of carbonyl (C=O) groups is 2. The third-order valence-electron chi connectivity index (χ3n) is 4.98. The quantitative estimate of drug-likeness (QED) is 0.417. The van der Waals surface area contributed by atoms with Crippen LogP contribution < -0.4 is 14.7 Å². The molecule has 1 heterocycles. The average Bonchev–Trinajstić information content (AvgIpc) is 2.96. The normalized spacial score (nSPS) is 18.3. The number of halogens is 2. The van der Waals surface area contributed by atoms with E-state index in [1.54, 1.807) is 0 Å². The first kappa shape index (κ1) is 21.8. The molecule has 0 aliphatic carbocycles. The number of ether oxygens (including phenoxy) is 1. The number of likely N-dealkylation sites (tertiary alicyclic amines) is 1. The lowest BCUT2D eigenvalue weighted by Crippen LogP contribution is -3.06. The number of Topliss-reactive ketones (excluding diaryl/α,β-unsaturated/α-hetero) is 1. The molecule has 0 saturated carbocycles. The van der Waals surface area contributed by atoms with Crippen molar-refractivity contribution in [3.05, 3.63) is 70.0 Å². The van der Waals surface area contributed by atoms with E-state index in [4.69, 9.17) is 16.3 Å². The zero-order chi connectivity index (χ0) is 22.0. The molecular weight excluding hydrogens is 411 g/mol. The van der Waals surface area contributed by atoms with Crippen LogP contribution in [-0.2, 0) is 9.59 Å². The van der Waals surface area contributed by atoms with Gasteiger partial charge in [0, 0.05) is 5.57 Å². The summed E-state index contributed by atoms with van der Waals surface area (Å²) in [7, 11) is 5.29. The summed E-state index contributed by atoms with van der Waals surface area (Å²) < 4.78 is 18.6. The second-order valence-electron chi connectivity index (χ2n) is 7.33. The fraction of sp³-hybridized carbons (Fsp3) is 0.273. The van der Waals surface area contributed by atoms with E-state index >= 15 is 0 Å². The Hall–Kier alpha value is -2.90. The van der Waals surface area contributed by atoms with Crippen LogP contribution in [0.3, 0.4) is 0 Å². The first-order chi connectivity index (χ1) is 14.2. The van der Waals surface area contributed by atoms with Gasteiger partial charge in [0.05, 0.1) is 45.4 Å². The van der Waals surface area contributed by atoms with Crippen LogP contribution in [0.25, 0.3) is 5.76 Å². The van der Waals surface area contributed by atoms with E-state index in [0.717, 1.165) is 4.90 Å². The van der Waals surface area contributed by atoms with E-state index in [1.807, 2.05) is 14.1 Å². The van der Waals surface area contributed by atoms with Gasteiger partial charge in [0.2, 0.25) is 5.78 Å². The number of hydrogen-bond donors (Lipinski definition) is 1. The van der Waals surface area contributed by atoms with Crippen LogP contribution in [0.2, 0.25) is 5.02 Å². The molecule has 2 aromatic rings. The second-order valence-corrected chi connectivity index (χ2v) is 7.74. The largest absolute Gasteiger partial charge is 0.872 e. The van der Waals surface area contributed by atoms with Crippen molar-refractivity contribution >= 4 is 29.1 Å². The minimum atomic E-state index is -0.890. The molecule has 1 saturated heterocycles. The highest BCUT2D eigenvalue weighted by atomic mass is 35.5. The Labute approximate surface area is 179 Å². The molecule has 6 nitrogen and oxygen atoms in total. The number of ketones is 1. The van der Waals surface area contributed by atoms with Crippen LogP contribution in [-0.4, -0.2) is 50.9 Å². The van der Waals surface area contributed by atoms with Crippen molar-refractivity contribution < 1.29 is 28.7 Å². The van der Waals surface area contributed by atoms with E-state index in [9.17, 15) is 19.1 Å². The maximum absolute atomic E-state index is 13.5. The van der Waals surface area contributed by atoms with Gasteiger partial charge in [-0.3, -0.25) is 9.59 Å². The smallest absolute Gasteiger partial charge is 0.295 e. The first-order valence-electron chi connectivity index (χ1n) is 9.39. The number of hydrogen-bond acceptors (Lipinski definition) is 4. The minimum absolute atomic E-state index is 0.165. The van der Waals surface area contributed by atoms with Gasteiger partial charge in [-0.05, 0) is 35.4 Å². The molecule has 2 aromatic carbocycles. The average molecular weight is 433 g/mol. The molecule has 1 atom stereocenters. The number of benzene rings is 2. The Morgan fingerprint density at radius 1 is 1.20 bits per heavy atom. The van der Waals surface area contributed by atoms with Crippen molar-refractivity contribution in [3.8, 4) is 5.75 Å². The number of methoxy groups -OCH3 is 1. The van der Waals surface area contributed by atoms with Crippen molar-refractivity contribution in [2.45, 2.75) is 6.04 Å². The second kappa shape index (κ2) is 8.85. The van der Waals surface area contributed by atoms with E-state index in [0.29, 0.717) is 17.9 Å². The van der Waals surface area contributed by atoms with Gasteiger partial charge in [-0.15, -0.1) is 0 Å². The molecule has 1 aliphatic rings. The molecule has 0 bridgehead atoms. The predicted octanol–water partition coefficient (Wildman–Crippen LogP) is 0.856. The number of carbonyl (C=O) groups excluding carboxylic acids is 2. The summed E-state index contributed by atoms with van der Waals surface area (Å²) in [6.07, 6.45) is 0. The molecule has 1 fully saturated rings. The number of quaternary nitrogens is 1. The van der Waals surface area contributed by atoms with Crippen LogP contribution in [0.4, 0.5) is 4.39 Å². The highest BCUT2D eigenvalue weighted by Crippen LogP contribution is 2.39. The molecule has 8 heteroatoms. The zero-order valence-electron chi connectivity index (χ0n) is 16.9. The monoisotopic (exact) mass is 432 g/mol. The Morgan fingerprint density at radius 2 is 1.87 bits per heavy atom. The highest BCUT2D eigenvalue weighted by molar-refractivity contribution is 6.46. The lowest BCUT2D eigenvalue weighted by atomic mass is 9.95. The number of nitrogens with zero attached hydrogens (tertiary/aromatic N) is 1. The third-order valence-corrected chi connectivity index (χ3v) is 5.28. The summed E-state index contributed by atoms with van der Waals surface area (Å²) in [5.41, 5.74) is 0.498. The molecule has 1 amide bonds.